The zero-order chi connectivity index (χ0) is 12.0. The summed E-state index contributed by atoms with van der Waals surface area (Å²) in [5.74, 6) is 0.775. The minimum Gasteiger partial charge on any atom is -0.493 e. The Morgan fingerprint density at radius 3 is 2.69 bits per heavy atom. The molecular weight excluding hydrogens is 208 g/mol. The topological polar surface area (TPSA) is 44.8 Å². The second-order valence-electron chi connectivity index (χ2n) is 3.25. The summed E-state index contributed by atoms with van der Waals surface area (Å²) in [6.07, 6.45) is 0. The normalized spacial score (nSPS) is 9.69. The third kappa shape index (κ3) is 3.46. The molecule has 0 saturated carbocycles. The smallest absolute Gasteiger partial charge is 0.344 e. The van der Waals surface area contributed by atoms with E-state index in [-0.39, 0.29) is 12.6 Å². The number of hydrogen-bond acceptors (Lipinski definition) is 4. The molecule has 4 heteroatoms. The van der Waals surface area contributed by atoms with Gasteiger partial charge in [-0.2, -0.15) is 0 Å². The lowest BCUT2D eigenvalue weighted by atomic mass is 10.2. The lowest BCUT2D eigenvalue weighted by Gasteiger charge is -2.10. The molecule has 1 aromatic carbocycles. The van der Waals surface area contributed by atoms with Crippen molar-refractivity contribution in [2.24, 2.45) is 0 Å². The average Bonchev–Trinajstić information content (AvgIpc) is 2.27. The second-order valence-corrected chi connectivity index (χ2v) is 3.25. The molecule has 0 aliphatic rings. The van der Waals surface area contributed by atoms with Crippen LogP contribution in [-0.2, 0) is 9.53 Å². The third-order valence-electron chi connectivity index (χ3n) is 1.97. The molecular formula is C12H16O4. The Kier molecular flexibility index (Phi) is 4.64. The summed E-state index contributed by atoms with van der Waals surface area (Å²) in [6.45, 7) is 3.95. The monoisotopic (exact) mass is 224 g/mol. The fraction of sp³-hybridized carbons (Fsp3) is 0.417. The molecule has 0 radical (unpaired) electrons. The van der Waals surface area contributed by atoms with E-state index >= 15 is 0 Å². The first kappa shape index (κ1) is 12.4. The standard InChI is InChI=1S/C12H16O4/c1-4-15-12(13)8-16-11-7-9(2)5-6-10(11)14-3/h5-7H,4,8H2,1-3H3. The summed E-state index contributed by atoms with van der Waals surface area (Å²) in [5, 5.41) is 0. The van der Waals surface area contributed by atoms with E-state index in [2.05, 4.69) is 0 Å². The van der Waals surface area contributed by atoms with Gasteiger partial charge in [0.05, 0.1) is 13.7 Å². The van der Waals surface area contributed by atoms with Gasteiger partial charge >= 0.3 is 5.97 Å². The summed E-state index contributed by atoms with van der Waals surface area (Å²) in [5.41, 5.74) is 1.04. The second kappa shape index (κ2) is 6.00. The van der Waals surface area contributed by atoms with E-state index in [0.717, 1.165) is 5.56 Å². The third-order valence-corrected chi connectivity index (χ3v) is 1.97. The van der Waals surface area contributed by atoms with Crippen LogP contribution in [0.25, 0.3) is 0 Å². The van der Waals surface area contributed by atoms with Gasteiger partial charge < -0.3 is 14.2 Å². The lowest BCUT2D eigenvalue weighted by Crippen LogP contribution is -2.14. The van der Waals surface area contributed by atoms with Gasteiger partial charge in [0.2, 0.25) is 0 Å². The molecule has 0 bridgehead atoms. The van der Waals surface area contributed by atoms with Crippen LogP contribution < -0.4 is 9.47 Å². The van der Waals surface area contributed by atoms with Crippen molar-refractivity contribution >= 4 is 5.97 Å². The number of hydrogen-bond donors (Lipinski definition) is 0. The highest BCUT2D eigenvalue weighted by atomic mass is 16.6. The van der Waals surface area contributed by atoms with Crippen LogP contribution in [0.3, 0.4) is 0 Å². The number of carbonyl (C=O) groups is 1. The van der Waals surface area contributed by atoms with E-state index in [1.54, 1.807) is 20.1 Å². The summed E-state index contributed by atoms with van der Waals surface area (Å²) >= 11 is 0. The lowest BCUT2D eigenvalue weighted by molar-refractivity contribution is -0.145. The summed E-state index contributed by atoms with van der Waals surface area (Å²) < 4.78 is 15.2. The molecule has 0 fully saturated rings. The summed E-state index contributed by atoms with van der Waals surface area (Å²) in [6, 6.07) is 5.53. The molecule has 1 aromatic rings. The van der Waals surface area contributed by atoms with Crippen molar-refractivity contribution in [3.05, 3.63) is 23.8 Å². The maximum atomic E-state index is 11.1. The first-order valence-corrected chi connectivity index (χ1v) is 5.10. The van der Waals surface area contributed by atoms with E-state index in [0.29, 0.717) is 18.1 Å². The van der Waals surface area contributed by atoms with Crippen LogP contribution in [0.15, 0.2) is 18.2 Å². The quantitative estimate of drug-likeness (QED) is 0.717. The van der Waals surface area contributed by atoms with Gasteiger partial charge in [-0.15, -0.1) is 0 Å². The molecule has 1 rings (SSSR count). The molecule has 0 unspecified atom stereocenters. The predicted octanol–water partition coefficient (Wildman–Crippen LogP) is 1.95. The van der Waals surface area contributed by atoms with Crippen molar-refractivity contribution in [2.75, 3.05) is 20.3 Å². The van der Waals surface area contributed by atoms with Gasteiger partial charge in [-0.3, -0.25) is 0 Å². The highest BCUT2D eigenvalue weighted by molar-refractivity contribution is 5.71. The van der Waals surface area contributed by atoms with Crippen LogP contribution in [0.1, 0.15) is 12.5 Å². The minimum absolute atomic E-state index is 0.104. The summed E-state index contributed by atoms with van der Waals surface area (Å²) in [4.78, 5) is 11.1. The van der Waals surface area contributed by atoms with E-state index in [1.165, 1.54) is 0 Å². The molecule has 0 spiro atoms. The van der Waals surface area contributed by atoms with Crippen molar-refractivity contribution in [3.63, 3.8) is 0 Å². The molecule has 88 valence electrons. The molecule has 0 aliphatic heterocycles. The maximum Gasteiger partial charge on any atom is 0.344 e. The van der Waals surface area contributed by atoms with Crippen molar-refractivity contribution < 1.29 is 19.0 Å². The van der Waals surface area contributed by atoms with Gasteiger partial charge in [0.15, 0.2) is 18.1 Å². The van der Waals surface area contributed by atoms with Crippen molar-refractivity contribution in [3.8, 4) is 11.5 Å². The van der Waals surface area contributed by atoms with Crippen molar-refractivity contribution in [2.45, 2.75) is 13.8 Å². The Morgan fingerprint density at radius 1 is 1.31 bits per heavy atom. The van der Waals surface area contributed by atoms with Crippen molar-refractivity contribution in [1.82, 2.24) is 0 Å². The van der Waals surface area contributed by atoms with Crippen LogP contribution in [0.5, 0.6) is 11.5 Å². The molecule has 0 aliphatic carbocycles. The molecule has 0 N–H and O–H groups in total. The Bertz CT molecular complexity index is 360. The molecule has 0 heterocycles. The zero-order valence-electron chi connectivity index (χ0n) is 9.78. The van der Waals surface area contributed by atoms with Gasteiger partial charge in [-0.05, 0) is 31.5 Å². The highest BCUT2D eigenvalue weighted by Crippen LogP contribution is 2.27. The van der Waals surface area contributed by atoms with Crippen molar-refractivity contribution in [1.29, 1.82) is 0 Å². The fourth-order valence-electron chi connectivity index (χ4n) is 1.24. The Hall–Kier alpha value is -1.71. The van der Waals surface area contributed by atoms with E-state index in [1.807, 2.05) is 19.1 Å². The van der Waals surface area contributed by atoms with Gasteiger partial charge in [-0.25, -0.2) is 4.79 Å². The molecule has 0 saturated heterocycles. The SMILES string of the molecule is CCOC(=O)COc1cc(C)ccc1OC. The maximum absolute atomic E-state index is 11.1. The number of rotatable bonds is 5. The van der Waals surface area contributed by atoms with Crippen LogP contribution in [-0.4, -0.2) is 26.3 Å². The first-order chi connectivity index (χ1) is 7.67. The zero-order valence-corrected chi connectivity index (χ0v) is 9.78. The van der Waals surface area contributed by atoms with Gasteiger partial charge in [0.25, 0.3) is 0 Å². The van der Waals surface area contributed by atoms with Gasteiger partial charge in [0.1, 0.15) is 0 Å². The van der Waals surface area contributed by atoms with Crippen LogP contribution in [0.2, 0.25) is 0 Å². The Labute approximate surface area is 95.1 Å². The average molecular weight is 224 g/mol. The molecule has 0 amide bonds. The van der Waals surface area contributed by atoms with E-state index in [9.17, 15) is 4.79 Å². The Morgan fingerprint density at radius 2 is 2.06 bits per heavy atom. The number of aryl methyl sites for hydroxylation is 1. The predicted molar refractivity (Wildman–Crippen MR) is 59.9 cm³/mol. The number of esters is 1. The van der Waals surface area contributed by atoms with Gasteiger partial charge in [-0.1, -0.05) is 6.07 Å². The van der Waals surface area contributed by atoms with Crippen LogP contribution in [0.4, 0.5) is 0 Å². The van der Waals surface area contributed by atoms with Gasteiger partial charge in [0, 0.05) is 0 Å². The van der Waals surface area contributed by atoms with Crippen LogP contribution >= 0.6 is 0 Å². The number of ether oxygens (including phenoxy) is 3. The number of methoxy groups -OCH3 is 1. The summed E-state index contributed by atoms with van der Waals surface area (Å²) in [7, 11) is 1.56. The molecule has 4 nitrogen and oxygen atoms in total. The molecule has 16 heavy (non-hydrogen) atoms. The highest BCUT2D eigenvalue weighted by Gasteiger charge is 2.07. The number of benzene rings is 1. The number of carbonyl (C=O) groups excluding carboxylic acids is 1. The first-order valence-electron chi connectivity index (χ1n) is 5.10. The largest absolute Gasteiger partial charge is 0.493 e. The molecule has 0 atom stereocenters. The van der Waals surface area contributed by atoms with E-state index in [4.69, 9.17) is 14.2 Å². The fourth-order valence-corrected chi connectivity index (χ4v) is 1.24. The Balaban J connectivity index is 2.65. The van der Waals surface area contributed by atoms with Crippen LogP contribution in [0, 0.1) is 6.92 Å². The van der Waals surface area contributed by atoms with E-state index < -0.39 is 0 Å². The molecule has 0 aromatic heterocycles. The minimum atomic E-state index is -0.383.